The molecule has 10 rings (SSSR count). The Morgan fingerprint density at radius 3 is 1.44 bits per heavy atom. The van der Waals surface area contributed by atoms with E-state index < -0.39 is 32.6 Å². The zero-order valence-corrected chi connectivity index (χ0v) is 37.7. The van der Waals surface area contributed by atoms with E-state index in [4.69, 9.17) is 0 Å². The third-order valence-corrected chi connectivity index (χ3v) is 16.7. The first-order valence-electron chi connectivity index (χ1n) is 19.2. The Kier molecular flexibility index (Phi) is 12.6. The summed E-state index contributed by atoms with van der Waals surface area (Å²) < 4.78 is 68.2. The number of hydrogen-bond donors (Lipinski definition) is 2. The Morgan fingerprint density at radius 1 is 0.484 bits per heavy atom. The van der Waals surface area contributed by atoms with E-state index in [1.807, 2.05) is 61.5 Å². The average molecular weight is 958 g/mol. The standard InChI is InChI=1S/C25H18O2S2.C12H9BO2S.C12H8BrFO2S/c1-17-9-13-19(14-10-17)29(26,27)20-15-11-18(12-16-20)21-6-4-7-23-22-5-2-3-8-24(22)28-25(21)23;14-13(15)10-6-3-5-9-8-4-1-2-7-11(8)16-12(9)10;13-9-1-5-11(6-2-9)17(15,16)12-7-3-10(14)4-8-12/h2-16H,1H3;1-7,14-15H;1-8H. The maximum absolute atomic E-state index is 12.9. The lowest BCUT2D eigenvalue weighted by atomic mass is 9.80. The second-order valence-electron chi connectivity index (χ2n) is 14.2. The third-order valence-electron chi connectivity index (χ3n) is 10.2. The summed E-state index contributed by atoms with van der Waals surface area (Å²) in [5.41, 5.74) is 3.77. The molecule has 0 amide bonds. The van der Waals surface area contributed by atoms with Gasteiger partial charge in [-0.05, 0) is 114 Å². The van der Waals surface area contributed by atoms with Crippen LogP contribution >= 0.6 is 38.6 Å². The highest BCUT2D eigenvalue weighted by atomic mass is 79.9. The zero-order chi connectivity index (χ0) is 43.6. The summed E-state index contributed by atoms with van der Waals surface area (Å²) in [7, 11) is -8.48. The lowest BCUT2D eigenvalue weighted by Crippen LogP contribution is -2.29. The van der Waals surface area contributed by atoms with Gasteiger partial charge in [0.2, 0.25) is 19.7 Å². The predicted octanol–water partition coefficient (Wildman–Crippen LogP) is 12.0. The Balaban J connectivity index is 0.000000137. The predicted molar refractivity (Wildman–Crippen MR) is 257 cm³/mol. The van der Waals surface area contributed by atoms with Crippen molar-refractivity contribution >= 4 is 111 Å². The molecule has 0 saturated carbocycles. The fourth-order valence-electron chi connectivity index (χ4n) is 6.98. The van der Waals surface area contributed by atoms with Gasteiger partial charge in [-0.3, -0.25) is 0 Å². The molecule has 0 radical (unpaired) electrons. The molecule has 62 heavy (non-hydrogen) atoms. The second-order valence-corrected chi connectivity index (χ2v) is 21.1. The first-order valence-corrected chi connectivity index (χ1v) is 24.6. The summed E-state index contributed by atoms with van der Waals surface area (Å²) in [6.45, 7) is 1.94. The Bertz CT molecular complexity index is 3370. The average Bonchev–Trinajstić information content (AvgIpc) is 3.86. The van der Waals surface area contributed by atoms with Crippen molar-refractivity contribution in [1.82, 2.24) is 0 Å². The lowest BCUT2D eigenvalue weighted by molar-refractivity contribution is 0.426. The van der Waals surface area contributed by atoms with Crippen molar-refractivity contribution < 1.29 is 31.3 Å². The van der Waals surface area contributed by atoms with Crippen LogP contribution in [0.1, 0.15) is 5.56 Å². The van der Waals surface area contributed by atoms with Gasteiger partial charge in [0.05, 0.1) is 19.6 Å². The van der Waals surface area contributed by atoms with Crippen molar-refractivity contribution in [2.24, 2.45) is 0 Å². The number of sulfone groups is 2. The van der Waals surface area contributed by atoms with Crippen LogP contribution < -0.4 is 5.46 Å². The second kappa shape index (κ2) is 18.1. The van der Waals surface area contributed by atoms with E-state index >= 15 is 0 Å². The molecule has 0 aliphatic carbocycles. The molecule has 0 spiro atoms. The monoisotopic (exact) mass is 956 g/mol. The smallest absolute Gasteiger partial charge is 0.423 e. The molecule has 6 nitrogen and oxygen atoms in total. The third kappa shape index (κ3) is 8.88. The molecule has 0 aliphatic rings. The summed E-state index contributed by atoms with van der Waals surface area (Å²) in [6, 6.07) is 53.7. The van der Waals surface area contributed by atoms with Gasteiger partial charge >= 0.3 is 7.12 Å². The van der Waals surface area contributed by atoms with Gasteiger partial charge in [-0.15, -0.1) is 22.7 Å². The van der Waals surface area contributed by atoms with Crippen LogP contribution in [0.25, 0.3) is 51.5 Å². The van der Waals surface area contributed by atoms with E-state index in [-0.39, 0.29) is 9.79 Å². The van der Waals surface area contributed by atoms with Gasteiger partial charge in [-0.1, -0.05) is 119 Å². The molecule has 8 aromatic carbocycles. The van der Waals surface area contributed by atoms with Crippen LogP contribution in [-0.4, -0.2) is 34.0 Å². The van der Waals surface area contributed by atoms with E-state index in [1.54, 1.807) is 65.1 Å². The van der Waals surface area contributed by atoms with Crippen molar-refractivity contribution in [2.45, 2.75) is 26.5 Å². The van der Waals surface area contributed by atoms with E-state index in [9.17, 15) is 31.3 Å². The molecule has 0 unspecified atom stereocenters. The van der Waals surface area contributed by atoms with E-state index in [0.717, 1.165) is 43.4 Å². The van der Waals surface area contributed by atoms with Gasteiger partial charge in [0.15, 0.2) is 0 Å². The molecule has 0 atom stereocenters. The summed E-state index contributed by atoms with van der Waals surface area (Å²) in [5, 5.41) is 23.4. The quantitative estimate of drug-likeness (QED) is 0.127. The number of rotatable bonds is 6. The summed E-state index contributed by atoms with van der Waals surface area (Å²) in [6.07, 6.45) is 0. The van der Waals surface area contributed by atoms with Crippen LogP contribution in [-0.2, 0) is 19.7 Å². The zero-order valence-electron chi connectivity index (χ0n) is 32.8. The molecular weight excluding hydrogens is 923 g/mol. The number of hydrogen-bond acceptors (Lipinski definition) is 8. The molecule has 2 N–H and O–H groups in total. The number of halogens is 2. The van der Waals surface area contributed by atoms with Crippen molar-refractivity contribution in [2.75, 3.05) is 0 Å². The number of benzene rings is 8. The highest BCUT2D eigenvalue weighted by Crippen LogP contribution is 2.40. The van der Waals surface area contributed by atoms with Gasteiger partial charge < -0.3 is 10.0 Å². The Hall–Kier alpha value is -5.51. The molecule has 10 aromatic rings. The highest BCUT2D eigenvalue weighted by molar-refractivity contribution is 9.10. The largest absolute Gasteiger partial charge is 0.489 e. The maximum atomic E-state index is 12.9. The number of fused-ring (bicyclic) bond motifs is 6. The lowest BCUT2D eigenvalue weighted by Gasteiger charge is -2.08. The molecule has 13 heteroatoms. The van der Waals surface area contributed by atoms with Crippen molar-refractivity contribution in [1.29, 1.82) is 0 Å². The van der Waals surface area contributed by atoms with Gasteiger partial charge in [-0.25, -0.2) is 21.2 Å². The minimum absolute atomic E-state index is 0.0845. The van der Waals surface area contributed by atoms with Crippen molar-refractivity contribution in [3.05, 3.63) is 198 Å². The van der Waals surface area contributed by atoms with Crippen LogP contribution in [0, 0.1) is 12.7 Å². The molecule has 0 aliphatic heterocycles. The van der Waals surface area contributed by atoms with Crippen LogP contribution in [0.2, 0.25) is 0 Å². The van der Waals surface area contributed by atoms with E-state index in [2.05, 4.69) is 64.5 Å². The maximum Gasteiger partial charge on any atom is 0.489 e. The number of aryl methyl sites for hydroxylation is 1. The topological polar surface area (TPSA) is 109 Å². The fraction of sp³-hybridized carbons (Fsp3) is 0.0204. The van der Waals surface area contributed by atoms with Gasteiger partial charge in [0.25, 0.3) is 0 Å². The molecule has 0 bridgehead atoms. The minimum Gasteiger partial charge on any atom is -0.423 e. The molecule has 0 saturated heterocycles. The first kappa shape index (κ1) is 43.2. The molecule has 308 valence electrons. The summed E-state index contributed by atoms with van der Waals surface area (Å²) in [4.78, 5) is 0.907. The SMILES string of the molecule is Cc1ccc(S(=O)(=O)c2ccc(-c3cccc4c3sc3ccccc34)cc2)cc1.O=S(=O)(c1ccc(F)cc1)c1ccc(Br)cc1.OB(O)c1cccc2c1sc1ccccc12. The van der Waals surface area contributed by atoms with E-state index in [1.165, 1.54) is 54.5 Å². The highest BCUT2D eigenvalue weighted by Gasteiger charge is 2.20. The molecular formula is C49H35BBrFO6S4. The normalized spacial score (nSPS) is 11.6. The van der Waals surface area contributed by atoms with Gasteiger partial charge in [-0.2, -0.15) is 0 Å². The Morgan fingerprint density at radius 2 is 0.903 bits per heavy atom. The van der Waals surface area contributed by atoms with Crippen LogP contribution in [0.15, 0.2) is 206 Å². The van der Waals surface area contributed by atoms with Crippen LogP contribution in [0.5, 0.6) is 0 Å². The van der Waals surface area contributed by atoms with Gasteiger partial charge in [0.1, 0.15) is 5.82 Å². The summed E-state index contributed by atoms with van der Waals surface area (Å²) >= 11 is 6.60. The fourth-order valence-corrected chi connectivity index (χ4v) is 12.2. The van der Waals surface area contributed by atoms with Crippen molar-refractivity contribution in [3.63, 3.8) is 0 Å². The van der Waals surface area contributed by atoms with E-state index in [0.29, 0.717) is 15.3 Å². The summed E-state index contributed by atoms with van der Waals surface area (Å²) in [5.74, 6) is -0.459. The Labute approximate surface area is 375 Å². The minimum atomic E-state index is -3.56. The molecule has 0 fully saturated rings. The van der Waals surface area contributed by atoms with Crippen LogP contribution in [0.4, 0.5) is 4.39 Å². The van der Waals surface area contributed by atoms with Crippen molar-refractivity contribution in [3.8, 4) is 11.1 Å². The molecule has 2 heterocycles. The van der Waals surface area contributed by atoms with Crippen LogP contribution in [0.3, 0.4) is 0 Å². The van der Waals surface area contributed by atoms with Gasteiger partial charge in [0, 0.05) is 39.4 Å². The first-order chi connectivity index (χ1) is 29.8. The molecule has 2 aromatic heterocycles. The number of thiophene rings is 2.